The summed E-state index contributed by atoms with van der Waals surface area (Å²) in [7, 11) is 9.83. The van der Waals surface area contributed by atoms with Crippen LogP contribution in [0.3, 0.4) is 0 Å². The van der Waals surface area contributed by atoms with Gasteiger partial charge in [-0.05, 0) is 167 Å². The second kappa shape index (κ2) is 50.2. The summed E-state index contributed by atoms with van der Waals surface area (Å²) in [5.74, 6) is -0.808. The van der Waals surface area contributed by atoms with Crippen molar-refractivity contribution in [2.24, 2.45) is 0 Å². The summed E-state index contributed by atoms with van der Waals surface area (Å²) in [6, 6.07) is 20.6. The number of nitrogens with zero attached hydrogens (tertiary/aromatic N) is 8. The van der Waals surface area contributed by atoms with Gasteiger partial charge in [-0.15, -0.1) is 0 Å². The molecule has 0 spiro atoms. The molecule has 0 aliphatic carbocycles. The SMILES string of the molecule is CC.CC.CC.CC.CNC1COc2ccccc2N(C(C)C(C)=O)C1=O.CNC1OC(=O)c2ccccc2N(C(C)C(C)=O)C1=O.CNC1SC(=O)c2ccccc2N(C(C)C(C)=O)C1=O.CNc1c(C)ncn(C(C)C(C)=O)c1=O.CNc1cccn(C(C)C(C)=O)c1=O.CNc1cnc(C)n(C(C)C(C)=O)c1=O. The number of nitrogens with one attached hydrogen (secondary N) is 6. The summed E-state index contributed by atoms with van der Waals surface area (Å²) in [5.41, 5.74) is 3.63. The van der Waals surface area contributed by atoms with E-state index >= 15 is 0 Å². The summed E-state index contributed by atoms with van der Waals surface area (Å²) >= 11 is 0.938. The molecule has 0 fully saturated rings. The summed E-state index contributed by atoms with van der Waals surface area (Å²) < 4.78 is 14.9. The number of esters is 1. The highest BCUT2D eigenvalue weighted by Gasteiger charge is 2.40. The predicted octanol–water partition coefficient (Wildman–Crippen LogP) is 9.75. The first-order chi connectivity index (χ1) is 52.5. The van der Waals surface area contributed by atoms with E-state index in [0.717, 1.165) is 11.8 Å². The van der Waals surface area contributed by atoms with Crippen molar-refractivity contribution in [3.63, 3.8) is 0 Å². The molecule has 0 saturated carbocycles. The van der Waals surface area contributed by atoms with Crippen LogP contribution >= 0.6 is 11.8 Å². The fourth-order valence-corrected chi connectivity index (χ4v) is 11.0. The number of cyclic esters (lactones) is 1. The van der Waals surface area contributed by atoms with Gasteiger partial charge in [0.25, 0.3) is 28.5 Å². The Kier molecular flexibility index (Phi) is 45.4. The fourth-order valence-electron chi connectivity index (χ4n) is 10.1. The largest absolute Gasteiger partial charge is 0.489 e. The predicted molar refractivity (Wildman–Crippen MR) is 441 cm³/mol. The van der Waals surface area contributed by atoms with Gasteiger partial charge in [0, 0.05) is 27.3 Å². The molecule has 3 aliphatic heterocycles. The first-order valence-electron chi connectivity index (χ1n) is 36.8. The van der Waals surface area contributed by atoms with Crippen molar-refractivity contribution in [1.29, 1.82) is 0 Å². The Labute approximate surface area is 657 Å². The molecular formula is C80H118N14O16S. The first-order valence-corrected chi connectivity index (χ1v) is 37.7. The van der Waals surface area contributed by atoms with E-state index in [0.29, 0.717) is 57.0 Å². The van der Waals surface area contributed by atoms with Crippen LogP contribution in [0.25, 0.3) is 0 Å². The lowest BCUT2D eigenvalue weighted by Crippen LogP contribution is -2.51. The molecule has 111 heavy (non-hydrogen) atoms. The summed E-state index contributed by atoms with van der Waals surface area (Å²) in [6.07, 6.45) is 3.40. The zero-order valence-corrected chi connectivity index (χ0v) is 70.6. The Morgan fingerprint density at radius 2 is 0.901 bits per heavy atom. The number of aromatic nitrogens is 5. The van der Waals surface area contributed by atoms with E-state index < -0.39 is 65.8 Å². The minimum atomic E-state index is -1.10. The Morgan fingerprint density at radius 3 is 1.36 bits per heavy atom. The van der Waals surface area contributed by atoms with Gasteiger partial charge in [-0.25, -0.2) is 14.8 Å². The highest BCUT2D eigenvalue weighted by Crippen LogP contribution is 2.35. The number of hydrogen-bond donors (Lipinski definition) is 6. The van der Waals surface area contributed by atoms with Crippen molar-refractivity contribution in [2.75, 3.05) is 79.5 Å². The molecule has 9 unspecified atom stereocenters. The molecule has 0 bridgehead atoms. The maximum atomic E-state index is 12.6. The molecule has 3 amide bonds. The van der Waals surface area contributed by atoms with Crippen LogP contribution in [0.2, 0.25) is 0 Å². The fraction of sp³-hybridized carbons (Fsp3) is 0.475. The topological polar surface area (TPSA) is 380 Å². The van der Waals surface area contributed by atoms with Crippen molar-refractivity contribution >= 4 is 109 Å². The number of hydrogen-bond acceptors (Lipinski definition) is 25. The maximum absolute atomic E-state index is 12.6. The number of rotatable bonds is 18. The van der Waals surface area contributed by atoms with E-state index in [1.165, 1.54) is 89.5 Å². The minimum absolute atomic E-state index is 0.0275. The monoisotopic (exact) mass is 1560 g/mol. The summed E-state index contributed by atoms with van der Waals surface area (Å²) in [6.45, 7) is 38.5. The molecule has 3 aliphatic rings. The number of Topliss-reactive ketones (excluding diaryl/α,β-unsaturated/α-hetero) is 6. The molecule has 9 rings (SSSR count). The minimum Gasteiger partial charge on any atom is -0.489 e. The molecule has 610 valence electrons. The number of para-hydroxylation sites is 4. The van der Waals surface area contributed by atoms with Crippen LogP contribution in [0.5, 0.6) is 5.75 Å². The number of carbonyl (C=O) groups is 11. The molecule has 9 atom stereocenters. The average molecular weight is 1560 g/mol. The number of amides is 3. The van der Waals surface area contributed by atoms with E-state index in [2.05, 4.69) is 41.9 Å². The van der Waals surface area contributed by atoms with Crippen molar-refractivity contribution in [1.82, 2.24) is 39.6 Å². The van der Waals surface area contributed by atoms with Crippen LogP contribution in [-0.2, 0) is 47.9 Å². The number of carbonyl (C=O) groups excluding carboxylic acids is 11. The number of benzene rings is 3. The van der Waals surface area contributed by atoms with Crippen LogP contribution < -0.4 is 68.0 Å². The number of fused-ring (bicyclic) bond motifs is 3. The number of pyridine rings is 1. The molecule has 0 radical (unpaired) electrons. The Bertz CT molecular complexity index is 4210. The van der Waals surface area contributed by atoms with Gasteiger partial charge in [0.1, 0.15) is 46.7 Å². The van der Waals surface area contributed by atoms with Gasteiger partial charge in [0.05, 0.1) is 82.7 Å². The molecule has 6 heterocycles. The second-order valence-corrected chi connectivity index (χ2v) is 24.9. The highest BCUT2D eigenvalue weighted by molar-refractivity contribution is 8.15. The maximum Gasteiger partial charge on any atom is 0.342 e. The lowest BCUT2D eigenvalue weighted by atomic mass is 10.1. The zero-order valence-electron chi connectivity index (χ0n) is 69.7. The van der Waals surface area contributed by atoms with Crippen molar-refractivity contribution in [2.45, 2.75) is 206 Å². The molecule has 31 heteroatoms. The summed E-state index contributed by atoms with van der Waals surface area (Å²) in [4.78, 5) is 178. The zero-order chi connectivity index (χ0) is 85.6. The number of anilines is 6. The third-order valence-corrected chi connectivity index (χ3v) is 18.2. The molecule has 3 aromatic carbocycles. The van der Waals surface area contributed by atoms with Crippen LogP contribution in [-0.4, -0.2) is 172 Å². The lowest BCUT2D eigenvalue weighted by Gasteiger charge is -2.29. The van der Waals surface area contributed by atoms with Crippen LogP contribution in [0.15, 0.2) is 118 Å². The van der Waals surface area contributed by atoms with Crippen molar-refractivity contribution < 1.29 is 62.2 Å². The Morgan fingerprint density at radius 1 is 0.459 bits per heavy atom. The number of ether oxygens (including phenoxy) is 2. The Balaban J connectivity index is 0.00000129. The molecule has 0 saturated heterocycles. The second-order valence-electron chi connectivity index (χ2n) is 23.8. The quantitative estimate of drug-likeness (QED) is 0.0436. The first kappa shape index (κ1) is 100. The van der Waals surface area contributed by atoms with E-state index in [-0.39, 0.29) is 80.5 Å². The van der Waals surface area contributed by atoms with Gasteiger partial charge < -0.3 is 40.6 Å². The lowest BCUT2D eigenvalue weighted by molar-refractivity contribution is -0.130. The molecular weight excluding hydrogens is 1450 g/mol. The van der Waals surface area contributed by atoms with E-state index in [1.54, 1.807) is 170 Å². The average Bonchev–Trinajstić information content (AvgIpc) is 1.68. The standard InChI is InChI=1S/C14H16N2O4.C14H16N2O3S.C14H18N2O3.2C10H15N3O2.C10H14N2O2.4C2H6/c2*1-8(9(2)17)16-11-7-5-4-6-10(11)14(19)20-12(15-3)13(16)18;1-9(10(2)17)16-12-6-4-5-7-13(12)19-8-11(15-3)14(16)18;1-6-9(11-4)10(15)13(5-12-6)7(2)8(3)14;1-6(7(2)14)13-8(3)12-5-9(11-4)10(13)15;1-7(8(2)13)12-6-4-5-9(11-3)10(12)14;4*1-2/h2*4-8,12,15H,1-3H3;4-7,9,11,15H,8H2,1-3H3;5,7,11H,1-4H3;5-6,11H,1-4H3;4-7,11H,1-3H3;4*1-2H3. The summed E-state index contributed by atoms with van der Waals surface area (Å²) in [5, 5.41) is 15.9. The Hall–Kier alpha value is -10.6. The van der Waals surface area contributed by atoms with E-state index in [4.69, 9.17) is 9.47 Å². The van der Waals surface area contributed by atoms with Gasteiger partial charge in [0.15, 0.2) is 34.7 Å². The molecule has 6 aromatic rings. The molecule has 3 aromatic heterocycles. The highest BCUT2D eigenvalue weighted by atomic mass is 32.2. The van der Waals surface area contributed by atoms with Gasteiger partial charge in [-0.2, -0.15) is 0 Å². The number of likely N-dealkylation sites (N-methyl/N-ethyl adjacent to an activating group) is 3. The van der Waals surface area contributed by atoms with Gasteiger partial charge in [0.2, 0.25) is 17.3 Å². The normalized spacial score (nSPS) is 15.8. The van der Waals surface area contributed by atoms with Crippen LogP contribution in [0.4, 0.5) is 34.1 Å². The van der Waals surface area contributed by atoms with E-state index in [9.17, 15) is 67.1 Å². The smallest absolute Gasteiger partial charge is 0.342 e. The van der Waals surface area contributed by atoms with Gasteiger partial charge in [-0.1, -0.05) is 104 Å². The molecule has 6 N–H and O–H groups in total. The third kappa shape index (κ3) is 26.8. The van der Waals surface area contributed by atoms with Gasteiger partial charge in [-0.3, -0.25) is 91.5 Å². The van der Waals surface area contributed by atoms with E-state index in [1.807, 2.05) is 67.5 Å². The van der Waals surface area contributed by atoms with Gasteiger partial charge >= 0.3 is 5.97 Å². The number of ketones is 6. The third-order valence-electron chi connectivity index (χ3n) is 17.1. The van der Waals surface area contributed by atoms with Crippen molar-refractivity contribution in [3.8, 4) is 5.75 Å². The molecule has 30 nitrogen and oxygen atoms in total. The number of aryl methyl sites for hydroxylation is 2. The van der Waals surface area contributed by atoms with Crippen LogP contribution in [0.1, 0.15) is 189 Å². The van der Waals surface area contributed by atoms with Crippen molar-refractivity contribution in [3.05, 3.63) is 157 Å². The number of thioether (sulfide) groups is 1. The van der Waals surface area contributed by atoms with Crippen LogP contribution in [0, 0.1) is 13.8 Å².